The molecule has 0 fully saturated rings. The molecule has 0 heterocycles. The van der Waals surface area contributed by atoms with Gasteiger partial charge in [-0.05, 0) is 18.8 Å². The number of aliphatic hydroxyl groups is 1. The van der Waals surface area contributed by atoms with Gasteiger partial charge in [-0.1, -0.05) is 13.8 Å². The zero-order valence-electron chi connectivity index (χ0n) is 17.9. The minimum Gasteiger partial charge on any atom is -0.481 e. The van der Waals surface area contributed by atoms with Crippen molar-refractivity contribution in [2.75, 3.05) is 6.61 Å². The van der Waals surface area contributed by atoms with Gasteiger partial charge < -0.3 is 42.7 Å². The summed E-state index contributed by atoms with van der Waals surface area (Å²) in [6, 6.07) is -5.69. The van der Waals surface area contributed by atoms with E-state index in [4.69, 9.17) is 21.7 Å². The van der Waals surface area contributed by atoms with Crippen molar-refractivity contribution < 1.29 is 44.1 Å². The Labute approximate surface area is 184 Å². The molecule has 0 spiro atoms. The Morgan fingerprint density at radius 3 is 1.78 bits per heavy atom. The zero-order chi connectivity index (χ0) is 25.0. The van der Waals surface area contributed by atoms with Gasteiger partial charge in [0.1, 0.15) is 18.1 Å². The maximum atomic E-state index is 12.6. The number of carbonyl (C=O) groups is 6. The zero-order valence-corrected chi connectivity index (χ0v) is 17.9. The minimum atomic E-state index is -1.69. The molecule has 0 aliphatic rings. The molecule has 0 saturated heterocycles. The number of carboxylic acids is 2. The van der Waals surface area contributed by atoms with Crippen LogP contribution in [0.1, 0.15) is 39.5 Å². The molecule has 0 rings (SSSR count). The molecule has 0 aromatic rings. The van der Waals surface area contributed by atoms with E-state index in [0.717, 1.165) is 0 Å². The van der Waals surface area contributed by atoms with Crippen LogP contribution < -0.4 is 27.4 Å². The second-order valence-electron chi connectivity index (χ2n) is 7.54. The fourth-order valence-corrected chi connectivity index (χ4v) is 2.57. The number of nitrogens with one attached hydrogen (secondary N) is 3. The summed E-state index contributed by atoms with van der Waals surface area (Å²) in [5.74, 6) is -6.56. The number of nitrogens with two attached hydrogens (primary N) is 2. The van der Waals surface area contributed by atoms with E-state index >= 15 is 0 Å². The van der Waals surface area contributed by atoms with Crippen LogP contribution in [0.15, 0.2) is 0 Å². The van der Waals surface area contributed by atoms with Gasteiger partial charge in [0.15, 0.2) is 0 Å². The fraction of sp³-hybridized carbons (Fsp3) is 0.667. The normalized spacial score (nSPS) is 14.5. The molecular formula is C18H31N5O9. The van der Waals surface area contributed by atoms with Gasteiger partial charge in [0.25, 0.3) is 0 Å². The van der Waals surface area contributed by atoms with E-state index in [-0.39, 0.29) is 12.3 Å². The molecule has 32 heavy (non-hydrogen) atoms. The first-order valence-electron chi connectivity index (χ1n) is 9.78. The van der Waals surface area contributed by atoms with Gasteiger partial charge in [0.2, 0.25) is 23.6 Å². The van der Waals surface area contributed by atoms with E-state index in [1.54, 1.807) is 0 Å². The van der Waals surface area contributed by atoms with Gasteiger partial charge in [0.05, 0.1) is 19.1 Å². The molecule has 182 valence electrons. The minimum absolute atomic E-state index is 0.0760. The number of aliphatic hydroxyl groups excluding tert-OH is 1. The first-order valence-corrected chi connectivity index (χ1v) is 9.78. The van der Waals surface area contributed by atoms with E-state index in [2.05, 4.69) is 10.6 Å². The largest absolute Gasteiger partial charge is 0.481 e. The lowest BCUT2D eigenvalue weighted by atomic mass is 10.0. The lowest BCUT2D eigenvalue weighted by Gasteiger charge is -2.24. The number of hydrogen-bond donors (Lipinski definition) is 8. The highest BCUT2D eigenvalue weighted by Crippen LogP contribution is 2.05. The number of amides is 4. The number of rotatable bonds is 15. The SMILES string of the molecule is CC(C)CC(N)C(=O)NC(CCC(=O)O)C(=O)NC(CO)C(=O)NC(CC(N)=O)C(=O)O. The third kappa shape index (κ3) is 11.2. The Morgan fingerprint density at radius 2 is 1.34 bits per heavy atom. The molecule has 10 N–H and O–H groups in total. The van der Waals surface area contributed by atoms with Crippen LogP contribution in [0.25, 0.3) is 0 Å². The molecule has 0 radical (unpaired) electrons. The van der Waals surface area contributed by atoms with Crippen molar-refractivity contribution in [3.63, 3.8) is 0 Å². The van der Waals surface area contributed by atoms with Gasteiger partial charge in [-0.25, -0.2) is 4.79 Å². The van der Waals surface area contributed by atoms with Gasteiger partial charge >= 0.3 is 11.9 Å². The standard InChI is InChI=1S/C18H31N5O9/c1-8(2)5-9(19)15(28)21-10(3-4-14(26)27)16(29)23-12(7-24)17(30)22-11(18(31)32)6-13(20)25/h8-12,24H,3-7,19H2,1-2H3,(H2,20,25)(H,21,28)(H,22,30)(H,23,29)(H,26,27)(H,31,32). The van der Waals surface area contributed by atoms with Crippen LogP contribution in [0.5, 0.6) is 0 Å². The van der Waals surface area contributed by atoms with E-state index in [9.17, 15) is 33.9 Å². The molecule has 0 bridgehead atoms. The number of carboxylic acid groups (broad SMARTS) is 2. The predicted molar refractivity (Wildman–Crippen MR) is 109 cm³/mol. The molecule has 0 saturated carbocycles. The summed E-state index contributed by atoms with van der Waals surface area (Å²) < 4.78 is 0. The highest BCUT2D eigenvalue weighted by atomic mass is 16.4. The fourth-order valence-electron chi connectivity index (χ4n) is 2.57. The van der Waals surface area contributed by atoms with Crippen LogP contribution in [0.3, 0.4) is 0 Å². The Hall–Kier alpha value is -3.26. The quantitative estimate of drug-likeness (QED) is 0.120. The van der Waals surface area contributed by atoms with Crippen LogP contribution in [0.2, 0.25) is 0 Å². The third-order valence-corrected chi connectivity index (χ3v) is 4.18. The summed E-state index contributed by atoms with van der Waals surface area (Å²) in [5, 5.41) is 33.8. The summed E-state index contributed by atoms with van der Waals surface area (Å²) in [6.45, 7) is 2.70. The molecule has 14 heteroatoms. The summed E-state index contributed by atoms with van der Waals surface area (Å²) in [7, 11) is 0. The van der Waals surface area contributed by atoms with Crippen molar-refractivity contribution in [3.05, 3.63) is 0 Å². The van der Waals surface area contributed by atoms with Gasteiger partial charge in [-0.2, -0.15) is 0 Å². The average Bonchev–Trinajstić information content (AvgIpc) is 2.66. The summed E-state index contributed by atoms with van der Waals surface area (Å²) >= 11 is 0. The molecule has 14 nitrogen and oxygen atoms in total. The molecule has 0 aromatic heterocycles. The van der Waals surface area contributed by atoms with Crippen LogP contribution in [-0.2, 0) is 28.8 Å². The van der Waals surface area contributed by atoms with E-state index < -0.39 is 79.2 Å². The molecular weight excluding hydrogens is 430 g/mol. The van der Waals surface area contributed by atoms with Crippen LogP contribution in [0.4, 0.5) is 0 Å². The van der Waals surface area contributed by atoms with Crippen molar-refractivity contribution in [3.8, 4) is 0 Å². The van der Waals surface area contributed by atoms with Crippen LogP contribution in [0, 0.1) is 5.92 Å². The first-order chi connectivity index (χ1) is 14.8. The highest BCUT2D eigenvalue weighted by molar-refractivity contribution is 5.95. The summed E-state index contributed by atoms with van der Waals surface area (Å²) in [4.78, 5) is 70.0. The monoisotopic (exact) mass is 461 g/mol. The van der Waals surface area contributed by atoms with Crippen LogP contribution >= 0.6 is 0 Å². The second kappa shape index (κ2) is 13.9. The molecule has 0 aliphatic heterocycles. The predicted octanol–water partition coefficient (Wildman–Crippen LogP) is -3.37. The number of carbonyl (C=O) groups excluding carboxylic acids is 4. The molecule has 4 atom stereocenters. The molecule has 4 unspecified atom stereocenters. The maximum Gasteiger partial charge on any atom is 0.326 e. The van der Waals surface area contributed by atoms with Crippen molar-refractivity contribution in [1.29, 1.82) is 0 Å². The molecule has 0 aromatic carbocycles. The van der Waals surface area contributed by atoms with Gasteiger partial charge in [-0.3, -0.25) is 24.0 Å². The van der Waals surface area contributed by atoms with Crippen molar-refractivity contribution >= 4 is 35.6 Å². The third-order valence-electron chi connectivity index (χ3n) is 4.18. The number of aliphatic carboxylic acids is 2. The van der Waals surface area contributed by atoms with Gasteiger partial charge in [0, 0.05) is 6.42 Å². The number of primary amides is 1. The van der Waals surface area contributed by atoms with Crippen molar-refractivity contribution in [1.82, 2.24) is 16.0 Å². The Kier molecular flexibility index (Phi) is 12.5. The topological polar surface area (TPSA) is 251 Å². The molecule has 0 aliphatic carbocycles. The lowest BCUT2D eigenvalue weighted by Crippen LogP contribution is -2.58. The summed E-state index contributed by atoms with van der Waals surface area (Å²) in [6.07, 6.45) is -1.25. The van der Waals surface area contributed by atoms with E-state index in [1.165, 1.54) is 0 Å². The number of hydrogen-bond acceptors (Lipinski definition) is 8. The van der Waals surface area contributed by atoms with Crippen molar-refractivity contribution in [2.45, 2.75) is 63.7 Å². The Morgan fingerprint density at radius 1 is 0.844 bits per heavy atom. The van der Waals surface area contributed by atoms with Crippen LogP contribution in [-0.4, -0.2) is 81.7 Å². The Balaban J connectivity index is 5.32. The van der Waals surface area contributed by atoms with E-state index in [1.807, 2.05) is 19.2 Å². The Bertz CT molecular complexity index is 713. The first kappa shape index (κ1) is 28.7. The highest BCUT2D eigenvalue weighted by Gasteiger charge is 2.30. The van der Waals surface area contributed by atoms with Crippen molar-refractivity contribution in [2.24, 2.45) is 17.4 Å². The molecule has 4 amide bonds. The smallest absolute Gasteiger partial charge is 0.326 e. The van der Waals surface area contributed by atoms with Gasteiger partial charge in [-0.15, -0.1) is 0 Å². The maximum absolute atomic E-state index is 12.6. The summed E-state index contributed by atoms with van der Waals surface area (Å²) in [5.41, 5.74) is 10.7. The second-order valence-corrected chi connectivity index (χ2v) is 7.54. The average molecular weight is 461 g/mol. The van der Waals surface area contributed by atoms with E-state index in [0.29, 0.717) is 6.42 Å². The lowest BCUT2D eigenvalue weighted by molar-refractivity contribution is -0.144.